The number of carbonyl (C=O) groups is 2. The fourth-order valence-electron chi connectivity index (χ4n) is 2.77. The van der Waals surface area contributed by atoms with Crippen molar-refractivity contribution < 1.29 is 24.2 Å². The Balaban J connectivity index is 1.80. The van der Waals surface area contributed by atoms with Crippen LogP contribution in [0.1, 0.15) is 27.6 Å². The zero-order chi connectivity index (χ0) is 20.6. The highest BCUT2D eigenvalue weighted by molar-refractivity contribution is 6.01. The molecule has 0 saturated carbocycles. The quantitative estimate of drug-likeness (QED) is 0.364. The molecule has 3 aromatic carbocycles. The number of Topliss-reactive ketones (excluding diaryl/α,β-unsaturated/α-hetero) is 1. The second-order valence-corrected chi connectivity index (χ2v) is 6.22. The third-order valence-electron chi connectivity index (χ3n) is 4.25. The molecule has 3 rings (SSSR count). The highest BCUT2D eigenvalue weighted by atomic mass is 16.5. The highest BCUT2D eigenvalue weighted by Gasteiger charge is 2.25. The van der Waals surface area contributed by atoms with Crippen LogP contribution >= 0.6 is 0 Å². The fraction of sp³-hybridized carbons (Fsp3) is 0.0833. The van der Waals surface area contributed by atoms with Gasteiger partial charge in [0.05, 0.1) is 7.11 Å². The number of carbonyl (C=O) groups excluding carboxylic acids is 2. The van der Waals surface area contributed by atoms with Gasteiger partial charge in [-0.3, -0.25) is 4.79 Å². The van der Waals surface area contributed by atoms with Crippen molar-refractivity contribution in [3.63, 3.8) is 0 Å². The molecule has 29 heavy (non-hydrogen) atoms. The SMILES string of the molecule is COc1cc(/C=C/C(=O)OC(C(=O)c2ccccc2)c2ccccc2)ccc1O. The highest BCUT2D eigenvalue weighted by Crippen LogP contribution is 2.27. The van der Waals surface area contributed by atoms with Gasteiger partial charge in [-0.2, -0.15) is 0 Å². The van der Waals surface area contributed by atoms with Crippen LogP contribution in [-0.4, -0.2) is 24.0 Å². The molecule has 0 fully saturated rings. The number of methoxy groups -OCH3 is 1. The Morgan fingerprint density at radius 2 is 1.59 bits per heavy atom. The number of aromatic hydroxyl groups is 1. The van der Waals surface area contributed by atoms with Gasteiger partial charge in [-0.05, 0) is 23.8 Å². The number of ketones is 1. The molecule has 0 bridgehead atoms. The third-order valence-corrected chi connectivity index (χ3v) is 4.25. The molecule has 0 spiro atoms. The number of ether oxygens (including phenoxy) is 2. The van der Waals surface area contributed by atoms with Crippen molar-refractivity contribution in [1.29, 1.82) is 0 Å². The van der Waals surface area contributed by atoms with Crippen LogP contribution in [0.3, 0.4) is 0 Å². The summed E-state index contributed by atoms with van der Waals surface area (Å²) in [6.07, 6.45) is 1.71. The van der Waals surface area contributed by atoms with Gasteiger partial charge in [-0.1, -0.05) is 66.7 Å². The first kappa shape index (κ1) is 19.9. The van der Waals surface area contributed by atoms with Crippen LogP contribution in [0.4, 0.5) is 0 Å². The number of hydrogen-bond acceptors (Lipinski definition) is 5. The number of rotatable bonds is 7. The lowest BCUT2D eigenvalue weighted by Gasteiger charge is -2.16. The van der Waals surface area contributed by atoms with E-state index in [1.165, 1.54) is 25.3 Å². The lowest BCUT2D eigenvalue weighted by atomic mass is 10.00. The molecular weight excluding hydrogens is 368 g/mol. The maximum Gasteiger partial charge on any atom is 0.331 e. The number of esters is 1. The van der Waals surface area contributed by atoms with Crippen LogP contribution in [0, 0.1) is 0 Å². The van der Waals surface area contributed by atoms with E-state index in [9.17, 15) is 14.7 Å². The summed E-state index contributed by atoms with van der Waals surface area (Å²) in [7, 11) is 1.44. The molecule has 5 heteroatoms. The van der Waals surface area contributed by atoms with Crippen molar-refractivity contribution in [3.8, 4) is 11.5 Å². The van der Waals surface area contributed by atoms with E-state index in [0.717, 1.165) is 0 Å². The van der Waals surface area contributed by atoms with E-state index in [1.807, 2.05) is 12.1 Å². The molecule has 0 heterocycles. The predicted molar refractivity (Wildman–Crippen MR) is 110 cm³/mol. The minimum Gasteiger partial charge on any atom is -0.504 e. The lowest BCUT2D eigenvalue weighted by molar-refractivity contribution is -0.141. The summed E-state index contributed by atoms with van der Waals surface area (Å²) in [5.74, 6) is -0.660. The van der Waals surface area contributed by atoms with Crippen LogP contribution in [-0.2, 0) is 9.53 Å². The number of phenolic OH excluding ortho intramolecular Hbond substituents is 1. The Hall–Kier alpha value is -3.86. The second kappa shape index (κ2) is 9.37. The summed E-state index contributed by atoms with van der Waals surface area (Å²) in [6, 6.07) is 22.3. The van der Waals surface area contributed by atoms with E-state index in [1.54, 1.807) is 60.7 Å². The Bertz CT molecular complexity index is 1010. The molecular formula is C24H20O5. The van der Waals surface area contributed by atoms with E-state index in [2.05, 4.69) is 0 Å². The first-order chi connectivity index (χ1) is 14.1. The molecule has 0 saturated heterocycles. The fourth-order valence-corrected chi connectivity index (χ4v) is 2.77. The van der Waals surface area contributed by atoms with Crippen molar-refractivity contribution in [1.82, 2.24) is 0 Å². The molecule has 0 radical (unpaired) electrons. The van der Waals surface area contributed by atoms with Crippen LogP contribution in [0.2, 0.25) is 0 Å². The number of hydrogen-bond donors (Lipinski definition) is 1. The minimum absolute atomic E-state index is 0.00447. The maximum atomic E-state index is 12.9. The van der Waals surface area contributed by atoms with Gasteiger partial charge < -0.3 is 14.6 Å². The summed E-state index contributed by atoms with van der Waals surface area (Å²) in [4.78, 5) is 25.3. The Kier molecular flexibility index (Phi) is 6.43. The third kappa shape index (κ3) is 5.11. The van der Waals surface area contributed by atoms with Gasteiger partial charge in [0, 0.05) is 17.2 Å². The van der Waals surface area contributed by atoms with Gasteiger partial charge in [0.1, 0.15) is 0 Å². The van der Waals surface area contributed by atoms with Gasteiger partial charge in [0.2, 0.25) is 5.78 Å². The maximum absolute atomic E-state index is 12.9. The van der Waals surface area contributed by atoms with E-state index >= 15 is 0 Å². The largest absolute Gasteiger partial charge is 0.504 e. The molecule has 1 atom stereocenters. The summed E-state index contributed by atoms with van der Waals surface area (Å²) in [5, 5.41) is 9.65. The summed E-state index contributed by atoms with van der Waals surface area (Å²) >= 11 is 0. The molecule has 1 unspecified atom stereocenters. The van der Waals surface area contributed by atoms with Gasteiger partial charge >= 0.3 is 5.97 Å². The zero-order valence-corrected chi connectivity index (χ0v) is 15.8. The van der Waals surface area contributed by atoms with Gasteiger partial charge in [-0.15, -0.1) is 0 Å². The Morgan fingerprint density at radius 3 is 2.24 bits per heavy atom. The van der Waals surface area contributed by atoms with Crippen LogP contribution < -0.4 is 4.74 Å². The van der Waals surface area contributed by atoms with Crippen LogP contribution in [0.25, 0.3) is 6.08 Å². The van der Waals surface area contributed by atoms with Crippen LogP contribution in [0.5, 0.6) is 11.5 Å². The van der Waals surface area contributed by atoms with Crippen molar-refractivity contribution >= 4 is 17.8 Å². The number of phenols is 1. The van der Waals surface area contributed by atoms with Crippen LogP contribution in [0.15, 0.2) is 84.9 Å². The molecule has 0 aliphatic heterocycles. The molecule has 0 aromatic heterocycles. The van der Waals surface area contributed by atoms with E-state index < -0.39 is 12.1 Å². The molecule has 1 N–H and O–H groups in total. The first-order valence-electron chi connectivity index (χ1n) is 8.98. The normalized spacial score (nSPS) is 11.8. The Morgan fingerprint density at radius 1 is 0.931 bits per heavy atom. The Labute approximate surface area is 168 Å². The number of benzene rings is 3. The summed E-state index contributed by atoms with van der Waals surface area (Å²) < 4.78 is 10.5. The molecule has 0 aliphatic rings. The molecule has 5 nitrogen and oxygen atoms in total. The summed E-state index contributed by atoms with van der Waals surface area (Å²) in [6.45, 7) is 0. The van der Waals surface area contributed by atoms with Crippen molar-refractivity contribution in [2.24, 2.45) is 0 Å². The standard InChI is InChI=1S/C24H20O5/c1-28-21-16-17(12-14-20(21)25)13-15-22(26)29-24(19-10-6-3-7-11-19)23(27)18-8-4-2-5-9-18/h2-16,24-25H,1H3/b15-13+. The predicted octanol–water partition coefficient (Wildman–Crippen LogP) is 4.58. The average Bonchev–Trinajstić information content (AvgIpc) is 2.77. The van der Waals surface area contributed by atoms with Gasteiger partial charge in [0.25, 0.3) is 0 Å². The van der Waals surface area contributed by atoms with Crippen molar-refractivity contribution in [3.05, 3.63) is 102 Å². The smallest absolute Gasteiger partial charge is 0.331 e. The summed E-state index contributed by atoms with van der Waals surface area (Å²) in [5.41, 5.74) is 1.69. The van der Waals surface area contributed by atoms with Crippen molar-refractivity contribution in [2.45, 2.75) is 6.10 Å². The van der Waals surface area contributed by atoms with E-state index in [0.29, 0.717) is 22.4 Å². The topological polar surface area (TPSA) is 72.8 Å². The minimum atomic E-state index is -1.05. The van der Waals surface area contributed by atoms with E-state index in [4.69, 9.17) is 9.47 Å². The molecule has 0 amide bonds. The second-order valence-electron chi connectivity index (χ2n) is 6.22. The van der Waals surface area contributed by atoms with Gasteiger partial charge in [0.15, 0.2) is 17.6 Å². The first-order valence-corrected chi connectivity index (χ1v) is 8.98. The zero-order valence-electron chi connectivity index (χ0n) is 15.8. The monoisotopic (exact) mass is 388 g/mol. The van der Waals surface area contributed by atoms with Gasteiger partial charge in [-0.25, -0.2) is 4.79 Å². The lowest BCUT2D eigenvalue weighted by Crippen LogP contribution is -2.19. The molecule has 146 valence electrons. The van der Waals surface area contributed by atoms with Crippen molar-refractivity contribution in [2.75, 3.05) is 7.11 Å². The molecule has 3 aromatic rings. The molecule has 0 aliphatic carbocycles. The average molecular weight is 388 g/mol. The van der Waals surface area contributed by atoms with E-state index in [-0.39, 0.29) is 11.5 Å².